The van der Waals surface area contributed by atoms with Crippen LogP contribution in [0.15, 0.2) is 48.5 Å². The van der Waals surface area contributed by atoms with E-state index in [0.29, 0.717) is 11.4 Å². The van der Waals surface area contributed by atoms with E-state index >= 15 is 0 Å². The van der Waals surface area contributed by atoms with Crippen molar-refractivity contribution in [3.63, 3.8) is 0 Å². The van der Waals surface area contributed by atoms with Crippen molar-refractivity contribution in [2.75, 3.05) is 21.3 Å². The fourth-order valence-corrected chi connectivity index (χ4v) is 3.82. The standard InChI is InChI=1S/C25H23N3O6/c1-14-6-10-16(11-7-14)27-19-18(23(29)32-3)20(24(30)33-4)28(17-12-8-15(2)9-13-17)21(19)26-22(27)25(31)34-5/h6-13H,1-5H3. The number of hydrogen-bond acceptors (Lipinski definition) is 7. The van der Waals surface area contributed by atoms with Gasteiger partial charge in [-0.1, -0.05) is 35.4 Å². The lowest BCUT2D eigenvalue weighted by atomic mass is 10.2. The van der Waals surface area contributed by atoms with Gasteiger partial charge in [-0.2, -0.15) is 0 Å². The fraction of sp³-hybridized carbons (Fsp3) is 0.200. The van der Waals surface area contributed by atoms with Crippen molar-refractivity contribution >= 4 is 29.1 Å². The van der Waals surface area contributed by atoms with E-state index in [4.69, 9.17) is 14.2 Å². The van der Waals surface area contributed by atoms with Crippen molar-refractivity contribution in [1.29, 1.82) is 0 Å². The summed E-state index contributed by atoms with van der Waals surface area (Å²) < 4.78 is 18.0. The molecule has 0 saturated carbocycles. The number of benzene rings is 2. The van der Waals surface area contributed by atoms with Gasteiger partial charge >= 0.3 is 17.9 Å². The second-order valence-electron chi connectivity index (χ2n) is 7.65. The summed E-state index contributed by atoms with van der Waals surface area (Å²) in [5.74, 6) is -2.29. The van der Waals surface area contributed by atoms with Crippen molar-refractivity contribution in [2.45, 2.75) is 13.8 Å². The minimum absolute atomic E-state index is 0.0567. The Kier molecular flexibility index (Phi) is 5.93. The number of rotatable bonds is 5. The molecule has 0 saturated heterocycles. The molecule has 0 aliphatic heterocycles. The zero-order chi connectivity index (χ0) is 24.6. The molecule has 174 valence electrons. The van der Waals surface area contributed by atoms with Crippen LogP contribution in [-0.4, -0.2) is 53.4 Å². The summed E-state index contributed by atoms with van der Waals surface area (Å²) in [6.07, 6.45) is 0. The Labute approximate surface area is 195 Å². The average Bonchev–Trinajstić information content (AvgIpc) is 3.38. The van der Waals surface area contributed by atoms with Gasteiger partial charge < -0.3 is 14.2 Å². The van der Waals surface area contributed by atoms with Crippen molar-refractivity contribution in [2.24, 2.45) is 0 Å². The summed E-state index contributed by atoms with van der Waals surface area (Å²) in [5, 5.41) is 0. The highest BCUT2D eigenvalue weighted by Gasteiger charge is 2.35. The average molecular weight is 461 g/mol. The Morgan fingerprint density at radius 2 is 1.15 bits per heavy atom. The van der Waals surface area contributed by atoms with E-state index in [1.807, 2.05) is 38.1 Å². The first kappa shape index (κ1) is 22.8. The predicted octanol–water partition coefficient (Wildman–Crippen LogP) is 3.79. The first-order chi connectivity index (χ1) is 16.3. The molecule has 0 N–H and O–H groups in total. The molecule has 9 heteroatoms. The third-order valence-electron chi connectivity index (χ3n) is 5.49. The van der Waals surface area contributed by atoms with Gasteiger partial charge in [-0.15, -0.1) is 0 Å². The third-order valence-corrected chi connectivity index (χ3v) is 5.49. The third kappa shape index (κ3) is 3.61. The zero-order valence-electron chi connectivity index (χ0n) is 19.4. The largest absolute Gasteiger partial charge is 0.465 e. The molecule has 0 fully saturated rings. The van der Waals surface area contributed by atoms with Gasteiger partial charge in [0, 0.05) is 11.4 Å². The van der Waals surface area contributed by atoms with Gasteiger partial charge in [0.1, 0.15) is 11.1 Å². The van der Waals surface area contributed by atoms with E-state index in [1.165, 1.54) is 30.5 Å². The molecule has 2 aromatic carbocycles. The fourth-order valence-electron chi connectivity index (χ4n) is 3.82. The number of fused-ring (bicyclic) bond motifs is 1. The Bertz CT molecular complexity index is 1370. The van der Waals surface area contributed by atoms with Crippen molar-refractivity contribution < 1.29 is 28.6 Å². The number of hydrogen-bond donors (Lipinski definition) is 0. The maximum absolute atomic E-state index is 13.1. The van der Waals surface area contributed by atoms with Gasteiger partial charge in [0.05, 0.1) is 21.3 Å². The summed E-state index contributed by atoms with van der Waals surface area (Å²) >= 11 is 0. The predicted molar refractivity (Wildman–Crippen MR) is 124 cm³/mol. The van der Waals surface area contributed by atoms with Crippen LogP contribution in [0.25, 0.3) is 22.5 Å². The Morgan fingerprint density at radius 1 is 0.676 bits per heavy atom. The van der Waals surface area contributed by atoms with Gasteiger partial charge in [-0.25, -0.2) is 19.4 Å². The van der Waals surface area contributed by atoms with Gasteiger partial charge in [-0.05, 0) is 38.1 Å². The monoisotopic (exact) mass is 461 g/mol. The van der Waals surface area contributed by atoms with Crippen LogP contribution >= 0.6 is 0 Å². The minimum Gasteiger partial charge on any atom is -0.465 e. The second kappa shape index (κ2) is 8.86. The zero-order valence-corrected chi connectivity index (χ0v) is 19.4. The number of esters is 3. The lowest BCUT2D eigenvalue weighted by Gasteiger charge is -2.11. The summed E-state index contributed by atoms with van der Waals surface area (Å²) in [6, 6.07) is 14.6. The molecule has 0 radical (unpaired) electrons. The highest BCUT2D eigenvalue weighted by atomic mass is 16.5. The number of imidazole rings is 1. The SMILES string of the molecule is COC(=O)c1c(C(=O)OC)n(-c2ccc(C)cc2)c2nc(C(=O)OC)n(-c3ccc(C)cc3)c12. The van der Waals surface area contributed by atoms with E-state index in [0.717, 1.165) is 11.1 Å². The van der Waals surface area contributed by atoms with E-state index in [-0.39, 0.29) is 28.2 Å². The number of carbonyl (C=O) groups excluding carboxylic acids is 3. The van der Waals surface area contributed by atoms with E-state index in [9.17, 15) is 14.4 Å². The normalized spacial score (nSPS) is 10.9. The minimum atomic E-state index is -0.777. The van der Waals surface area contributed by atoms with Gasteiger partial charge in [0.15, 0.2) is 11.3 Å². The first-order valence-electron chi connectivity index (χ1n) is 10.4. The molecular formula is C25H23N3O6. The highest BCUT2D eigenvalue weighted by Crippen LogP contribution is 2.34. The molecule has 0 amide bonds. The Morgan fingerprint density at radius 3 is 1.62 bits per heavy atom. The summed E-state index contributed by atoms with van der Waals surface area (Å²) in [6.45, 7) is 3.86. The van der Waals surface area contributed by atoms with Crippen molar-refractivity contribution in [1.82, 2.24) is 14.1 Å². The van der Waals surface area contributed by atoms with Crippen LogP contribution in [0.1, 0.15) is 42.6 Å². The smallest absolute Gasteiger partial charge is 0.374 e. The quantitative estimate of drug-likeness (QED) is 0.329. The number of aryl methyl sites for hydroxylation is 2. The molecule has 2 aromatic heterocycles. The number of methoxy groups -OCH3 is 3. The highest BCUT2D eigenvalue weighted by molar-refractivity contribution is 6.13. The van der Waals surface area contributed by atoms with E-state index < -0.39 is 17.9 Å². The molecule has 34 heavy (non-hydrogen) atoms. The molecule has 2 heterocycles. The van der Waals surface area contributed by atoms with Gasteiger partial charge in [-0.3, -0.25) is 9.13 Å². The molecule has 0 unspecified atom stereocenters. The van der Waals surface area contributed by atoms with E-state index in [1.54, 1.807) is 24.3 Å². The molecule has 4 aromatic rings. The summed E-state index contributed by atoms with van der Waals surface area (Å²) in [4.78, 5) is 43.3. The van der Waals surface area contributed by atoms with Gasteiger partial charge in [0.2, 0.25) is 5.82 Å². The topological polar surface area (TPSA) is 102 Å². The molecule has 4 rings (SSSR count). The van der Waals surface area contributed by atoms with Crippen LogP contribution in [-0.2, 0) is 14.2 Å². The molecular weight excluding hydrogens is 438 g/mol. The number of nitrogens with zero attached hydrogens (tertiary/aromatic N) is 3. The molecule has 0 bridgehead atoms. The molecule has 0 aliphatic rings. The number of carbonyl (C=O) groups is 3. The Hall–Kier alpha value is -4.40. The van der Waals surface area contributed by atoms with Crippen LogP contribution in [0.4, 0.5) is 0 Å². The molecule has 0 aliphatic carbocycles. The van der Waals surface area contributed by atoms with Crippen LogP contribution in [0.3, 0.4) is 0 Å². The van der Waals surface area contributed by atoms with Gasteiger partial charge in [0.25, 0.3) is 0 Å². The maximum atomic E-state index is 13.1. The summed E-state index contributed by atoms with van der Waals surface area (Å²) in [5.41, 5.74) is 3.39. The summed E-state index contributed by atoms with van der Waals surface area (Å²) in [7, 11) is 3.68. The van der Waals surface area contributed by atoms with Crippen LogP contribution < -0.4 is 0 Å². The first-order valence-corrected chi connectivity index (χ1v) is 10.4. The van der Waals surface area contributed by atoms with Crippen LogP contribution in [0, 0.1) is 13.8 Å². The van der Waals surface area contributed by atoms with Crippen molar-refractivity contribution in [3.8, 4) is 11.4 Å². The van der Waals surface area contributed by atoms with Crippen LogP contribution in [0.5, 0.6) is 0 Å². The lowest BCUT2D eigenvalue weighted by Crippen LogP contribution is -2.17. The Balaban J connectivity index is 2.24. The maximum Gasteiger partial charge on any atom is 0.374 e. The van der Waals surface area contributed by atoms with E-state index in [2.05, 4.69) is 4.98 Å². The lowest BCUT2D eigenvalue weighted by molar-refractivity contribution is 0.0550. The number of aromatic nitrogens is 3. The number of ether oxygens (including phenoxy) is 3. The second-order valence-corrected chi connectivity index (χ2v) is 7.65. The molecule has 0 atom stereocenters. The van der Waals surface area contributed by atoms with Crippen LogP contribution in [0.2, 0.25) is 0 Å². The molecule has 9 nitrogen and oxygen atoms in total. The molecule has 0 spiro atoms. The van der Waals surface area contributed by atoms with Crippen molar-refractivity contribution in [3.05, 3.63) is 76.7 Å².